The van der Waals surface area contributed by atoms with E-state index in [1.165, 1.54) is 67.3 Å². The second-order valence-corrected chi connectivity index (χ2v) is 8.72. The summed E-state index contributed by atoms with van der Waals surface area (Å²) in [5, 5.41) is 12.6. The van der Waals surface area contributed by atoms with Crippen LogP contribution in [-0.4, -0.2) is 39.8 Å². The Hall–Kier alpha value is -1.67. The largest absolute Gasteiger partial charge is 0.357 e. The number of amides is 1. The van der Waals surface area contributed by atoms with E-state index in [4.69, 9.17) is 0 Å². The van der Waals surface area contributed by atoms with Crippen LogP contribution in [0.1, 0.15) is 37.7 Å². The number of nitrogens with zero attached hydrogens (tertiary/aromatic N) is 3. The summed E-state index contributed by atoms with van der Waals surface area (Å²) in [5.41, 5.74) is 0.905. The van der Waals surface area contributed by atoms with Crippen molar-refractivity contribution in [2.24, 2.45) is 0 Å². The van der Waals surface area contributed by atoms with Crippen molar-refractivity contribution in [1.29, 1.82) is 0 Å². The molecule has 1 fully saturated rings. The summed E-state index contributed by atoms with van der Waals surface area (Å²) in [4.78, 5) is 13.9. The minimum Gasteiger partial charge on any atom is -0.357 e. The standard InChI is InChI=1S/C18H23FN4OS2/c1-23(11-13-7-9-14(19)10-8-13)16(24)12-25-18-22-21-17(26-18)20-15-5-3-2-4-6-15/h7-10,15H,2-6,11-12H2,1H3,(H,20,21). The third-order valence-electron chi connectivity index (χ3n) is 4.42. The summed E-state index contributed by atoms with van der Waals surface area (Å²) in [7, 11) is 1.75. The molecule has 0 aliphatic heterocycles. The molecule has 8 heteroatoms. The molecule has 0 bridgehead atoms. The van der Waals surface area contributed by atoms with Gasteiger partial charge in [0.25, 0.3) is 0 Å². The fourth-order valence-electron chi connectivity index (χ4n) is 2.93. The molecule has 1 aliphatic rings. The third kappa shape index (κ3) is 5.67. The summed E-state index contributed by atoms with van der Waals surface area (Å²) >= 11 is 2.91. The SMILES string of the molecule is CN(Cc1ccc(F)cc1)C(=O)CSc1nnc(NC2CCCCC2)s1. The highest BCUT2D eigenvalue weighted by Gasteiger charge is 2.16. The number of nitrogens with one attached hydrogen (secondary N) is 1. The third-order valence-corrected chi connectivity index (χ3v) is 6.39. The fourth-order valence-corrected chi connectivity index (χ4v) is 4.70. The molecule has 0 atom stereocenters. The van der Waals surface area contributed by atoms with Crippen LogP contribution < -0.4 is 5.32 Å². The number of thioether (sulfide) groups is 1. The van der Waals surface area contributed by atoms with Crippen molar-refractivity contribution < 1.29 is 9.18 Å². The lowest BCUT2D eigenvalue weighted by molar-refractivity contribution is -0.127. The van der Waals surface area contributed by atoms with E-state index in [1.54, 1.807) is 24.1 Å². The lowest BCUT2D eigenvalue weighted by Crippen LogP contribution is -2.27. The first kappa shape index (κ1) is 19.1. The summed E-state index contributed by atoms with van der Waals surface area (Å²) in [5.74, 6) is 0.0546. The molecule has 1 N–H and O–H groups in total. The molecule has 5 nitrogen and oxygen atoms in total. The van der Waals surface area contributed by atoms with Crippen LogP contribution in [0.2, 0.25) is 0 Å². The van der Waals surface area contributed by atoms with Crippen LogP contribution in [0.25, 0.3) is 0 Å². The molecular weight excluding hydrogens is 371 g/mol. The van der Waals surface area contributed by atoms with Gasteiger partial charge in [-0.3, -0.25) is 4.79 Å². The minimum absolute atomic E-state index is 0.0105. The highest BCUT2D eigenvalue weighted by molar-refractivity contribution is 8.01. The molecule has 0 radical (unpaired) electrons. The number of halogens is 1. The van der Waals surface area contributed by atoms with Crippen LogP contribution >= 0.6 is 23.1 Å². The Morgan fingerprint density at radius 3 is 2.73 bits per heavy atom. The van der Waals surface area contributed by atoms with Gasteiger partial charge in [0.2, 0.25) is 11.0 Å². The van der Waals surface area contributed by atoms with E-state index in [1.807, 2.05) is 0 Å². The average Bonchev–Trinajstić information content (AvgIpc) is 3.09. The Kier molecular flexibility index (Phi) is 6.85. The number of aromatic nitrogens is 2. The van der Waals surface area contributed by atoms with Crippen molar-refractivity contribution in [2.75, 3.05) is 18.1 Å². The molecule has 0 spiro atoms. The van der Waals surface area contributed by atoms with E-state index < -0.39 is 0 Å². The van der Waals surface area contributed by atoms with Gasteiger partial charge in [0, 0.05) is 19.6 Å². The van der Waals surface area contributed by atoms with Crippen LogP contribution in [0.5, 0.6) is 0 Å². The maximum Gasteiger partial charge on any atom is 0.233 e. The van der Waals surface area contributed by atoms with Gasteiger partial charge in [-0.15, -0.1) is 10.2 Å². The number of hydrogen-bond donors (Lipinski definition) is 1. The molecule has 0 saturated heterocycles. The molecule has 1 aliphatic carbocycles. The monoisotopic (exact) mass is 394 g/mol. The Morgan fingerprint density at radius 2 is 2.00 bits per heavy atom. The zero-order valence-corrected chi connectivity index (χ0v) is 16.4. The van der Waals surface area contributed by atoms with Gasteiger partial charge in [0.05, 0.1) is 5.75 Å². The lowest BCUT2D eigenvalue weighted by atomic mass is 9.96. The highest BCUT2D eigenvalue weighted by atomic mass is 32.2. The van der Waals surface area contributed by atoms with E-state index in [9.17, 15) is 9.18 Å². The minimum atomic E-state index is -0.271. The van der Waals surface area contributed by atoms with Crippen LogP contribution in [0.4, 0.5) is 9.52 Å². The molecule has 1 saturated carbocycles. The average molecular weight is 395 g/mol. The van der Waals surface area contributed by atoms with Crippen molar-refractivity contribution in [3.05, 3.63) is 35.6 Å². The molecule has 0 unspecified atom stereocenters. The van der Waals surface area contributed by atoms with Crippen molar-refractivity contribution in [2.45, 2.75) is 49.0 Å². The zero-order chi connectivity index (χ0) is 18.4. The zero-order valence-electron chi connectivity index (χ0n) is 14.8. The number of anilines is 1. The normalized spacial score (nSPS) is 15.0. The maximum absolute atomic E-state index is 12.9. The first-order valence-corrected chi connectivity index (χ1v) is 10.6. The maximum atomic E-state index is 12.9. The number of benzene rings is 1. The topological polar surface area (TPSA) is 58.1 Å². The van der Waals surface area contributed by atoms with Gasteiger partial charge in [-0.05, 0) is 30.5 Å². The van der Waals surface area contributed by atoms with E-state index in [0.717, 1.165) is 15.0 Å². The molecule has 1 aromatic carbocycles. The Balaban J connectivity index is 1.44. The molecule has 26 heavy (non-hydrogen) atoms. The van der Waals surface area contributed by atoms with Gasteiger partial charge in [0.1, 0.15) is 5.82 Å². The Morgan fingerprint density at radius 1 is 1.27 bits per heavy atom. The van der Waals surface area contributed by atoms with Crippen LogP contribution in [0.15, 0.2) is 28.6 Å². The van der Waals surface area contributed by atoms with Crippen molar-refractivity contribution in [3.63, 3.8) is 0 Å². The molecule has 2 aromatic rings. The summed E-state index contributed by atoms with van der Waals surface area (Å²) < 4.78 is 13.7. The molecule has 1 heterocycles. The van der Waals surface area contributed by atoms with Gasteiger partial charge in [0.15, 0.2) is 4.34 Å². The molecule has 3 rings (SSSR count). The van der Waals surface area contributed by atoms with Crippen LogP contribution in [-0.2, 0) is 11.3 Å². The number of carbonyl (C=O) groups is 1. The molecule has 1 amide bonds. The second kappa shape index (κ2) is 9.32. The first-order valence-electron chi connectivity index (χ1n) is 8.81. The fraction of sp³-hybridized carbons (Fsp3) is 0.500. The Labute approximate surface area is 161 Å². The van der Waals surface area contributed by atoms with Gasteiger partial charge in [-0.25, -0.2) is 4.39 Å². The quantitative estimate of drug-likeness (QED) is 0.714. The van der Waals surface area contributed by atoms with Gasteiger partial charge in [-0.1, -0.05) is 54.5 Å². The predicted octanol–water partition coefficient (Wildman–Crippen LogP) is 4.17. The predicted molar refractivity (Wildman–Crippen MR) is 104 cm³/mol. The molecule has 1 aromatic heterocycles. The van der Waals surface area contributed by atoms with Gasteiger partial charge >= 0.3 is 0 Å². The lowest BCUT2D eigenvalue weighted by Gasteiger charge is -2.21. The van der Waals surface area contributed by atoms with Gasteiger partial charge < -0.3 is 10.2 Å². The molecular formula is C18H23FN4OS2. The van der Waals surface area contributed by atoms with Gasteiger partial charge in [-0.2, -0.15) is 0 Å². The van der Waals surface area contributed by atoms with Crippen molar-refractivity contribution in [1.82, 2.24) is 15.1 Å². The van der Waals surface area contributed by atoms with Crippen molar-refractivity contribution >= 4 is 34.1 Å². The first-order chi connectivity index (χ1) is 12.6. The smallest absolute Gasteiger partial charge is 0.233 e. The second-order valence-electron chi connectivity index (χ2n) is 6.52. The number of hydrogen-bond acceptors (Lipinski definition) is 6. The number of rotatable bonds is 7. The summed E-state index contributed by atoms with van der Waals surface area (Å²) in [6.07, 6.45) is 6.24. The van der Waals surface area contributed by atoms with Crippen LogP contribution in [0.3, 0.4) is 0 Å². The van der Waals surface area contributed by atoms with Crippen LogP contribution in [0, 0.1) is 5.82 Å². The highest BCUT2D eigenvalue weighted by Crippen LogP contribution is 2.28. The summed E-state index contributed by atoms with van der Waals surface area (Å²) in [6, 6.07) is 6.70. The van der Waals surface area contributed by atoms with E-state index >= 15 is 0 Å². The molecule has 140 valence electrons. The van der Waals surface area contributed by atoms with Crippen molar-refractivity contribution in [3.8, 4) is 0 Å². The van der Waals surface area contributed by atoms with E-state index in [2.05, 4.69) is 15.5 Å². The Bertz CT molecular complexity index is 716. The number of carbonyl (C=O) groups excluding carboxylic acids is 1. The summed E-state index contributed by atoms with van der Waals surface area (Å²) in [6.45, 7) is 0.463. The van der Waals surface area contributed by atoms with E-state index in [-0.39, 0.29) is 11.7 Å². The van der Waals surface area contributed by atoms with E-state index in [0.29, 0.717) is 18.3 Å².